The third kappa shape index (κ3) is 4.22. The Labute approximate surface area is 144 Å². The van der Waals surface area contributed by atoms with E-state index in [9.17, 15) is 18.4 Å². The van der Waals surface area contributed by atoms with Crippen molar-refractivity contribution in [2.45, 2.75) is 62.8 Å². The Kier molecular flexibility index (Phi) is 5.15. The van der Waals surface area contributed by atoms with Crippen LogP contribution in [0.2, 0.25) is 0 Å². The molecule has 2 atom stereocenters. The van der Waals surface area contributed by atoms with Gasteiger partial charge in [-0.2, -0.15) is 5.16 Å². The van der Waals surface area contributed by atoms with Gasteiger partial charge in [-0.1, -0.05) is 0 Å². The van der Waals surface area contributed by atoms with Crippen molar-refractivity contribution in [1.29, 1.82) is 0 Å². The van der Waals surface area contributed by atoms with Crippen LogP contribution in [0, 0.1) is 5.92 Å². The summed E-state index contributed by atoms with van der Waals surface area (Å²) in [5.74, 6) is -1.75. The molecule has 0 radical (unpaired) electrons. The normalized spacial score (nSPS) is 27.2. The molecule has 1 N–H and O–H groups in total. The van der Waals surface area contributed by atoms with E-state index in [1.807, 2.05) is 0 Å². The molecule has 1 amide bonds. The van der Waals surface area contributed by atoms with Crippen molar-refractivity contribution in [2.24, 2.45) is 5.92 Å². The molecule has 0 unspecified atom stereocenters. The minimum atomic E-state index is -2.55. The maximum absolute atomic E-state index is 13.4. The maximum Gasteiger partial charge on any atom is 0.409 e. The van der Waals surface area contributed by atoms with Crippen LogP contribution in [0.25, 0.3) is 0 Å². The summed E-state index contributed by atoms with van der Waals surface area (Å²) in [6.07, 6.45) is 2.39. The van der Waals surface area contributed by atoms with Crippen LogP contribution in [-0.2, 0) is 4.74 Å². The fraction of sp³-hybridized carbons (Fsp3) is 0.765. The van der Waals surface area contributed by atoms with Gasteiger partial charge in [-0.3, -0.25) is 4.79 Å². The molecule has 8 heteroatoms. The van der Waals surface area contributed by atoms with E-state index < -0.39 is 5.92 Å². The van der Waals surface area contributed by atoms with Crippen LogP contribution in [0.1, 0.15) is 56.6 Å². The van der Waals surface area contributed by atoms with Crippen molar-refractivity contribution in [3.8, 4) is 0 Å². The van der Waals surface area contributed by atoms with E-state index in [4.69, 9.17) is 9.26 Å². The zero-order valence-corrected chi connectivity index (χ0v) is 14.3. The number of likely N-dealkylation sites (tertiary alicyclic amines) is 1. The summed E-state index contributed by atoms with van der Waals surface area (Å²) < 4.78 is 36.8. The molecule has 0 spiro atoms. The Morgan fingerprint density at radius 2 is 2.12 bits per heavy atom. The van der Waals surface area contributed by atoms with Crippen molar-refractivity contribution in [2.75, 3.05) is 13.7 Å². The topological polar surface area (TPSA) is 75.5 Å². The molecule has 2 fully saturated rings. The highest BCUT2D eigenvalue weighted by atomic mass is 19.3. The molecule has 3 rings (SSSR count). The number of H-pyrrole nitrogens is 1. The van der Waals surface area contributed by atoms with Crippen LogP contribution < -0.4 is 5.56 Å². The van der Waals surface area contributed by atoms with Gasteiger partial charge in [0.25, 0.3) is 5.56 Å². The fourth-order valence-electron chi connectivity index (χ4n) is 4.11. The second-order valence-corrected chi connectivity index (χ2v) is 7.19. The van der Waals surface area contributed by atoms with Crippen LogP contribution in [0.15, 0.2) is 15.4 Å². The van der Waals surface area contributed by atoms with E-state index in [-0.39, 0.29) is 42.4 Å². The number of nitrogens with zero attached hydrogens (tertiary/aromatic N) is 1. The van der Waals surface area contributed by atoms with Crippen LogP contribution in [0.4, 0.5) is 13.6 Å². The summed E-state index contributed by atoms with van der Waals surface area (Å²) >= 11 is 0. The summed E-state index contributed by atoms with van der Waals surface area (Å²) in [6.45, 7) is 0.500. The smallest absolute Gasteiger partial charge is 0.409 e. The van der Waals surface area contributed by atoms with Crippen molar-refractivity contribution in [3.05, 3.63) is 22.2 Å². The highest BCUT2D eigenvalue weighted by molar-refractivity contribution is 5.68. The third-order valence-corrected chi connectivity index (χ3v) is 5.51. The highest BCUT2D eigenvalue weighted by Gasteiger charge is 2.39. The lowest BCUT2D eigenvalue weighted by atomic mass is 9.79. The van der Waals surface area contributed by atoms with Gasteiger partial charge in [0, 0.05) is 37.4 Å². The number of piperidine rings is 1. The quantitative estimate of drug-likeness (QED) is 0.897. The molecule has 1 aliphatic heterocycles. The molecule has 0 bridgehead atoms. The summed E-state index contributed by atoms with van der Waals surface area (Å²) in [7, 11) is 1.35. The summed E-state index contributed by atoms with van der Waals surface area (Å²) in [5, 5.41) is 2.30. The number of carbonyl (C=O) groups is 1. The molecule has 1 saturated carbocycles. The second kappa shape index (κ2) is 7.17. The summed E-state index contributed by atoms with van der Waals surface area (Å²) in [4.78, 5) is 25.1. The van der Waals surface area contributed by atoms with Gasteiger partial charge >= 0.3 is 6.09 Å². The van der Waals surface area contributed by atoms with Gasteiger partial charge in [0.2, 0.25) is 5.92 Å². The van der Waals surface area contributed by atoms with Crippen molar-refractivity contribution in [1.82, 2.24) is 10.1 Å². The van der Waals surface area contributed by atoms with E-state index in [1.54, 1.807) is 4.90 Å². The van der Waals surface area contributed by atoms with Crippen molar-refractivity contribution < 1.29 is 22.8 Å². The Hall–Kier alpha value is -1.86. The standard InChI is InChI=1S/C17H24F2N2O4/c1-24-16(23)21-7-4-12(14-10-15(22)20-25-14)9-13(21)8-11-2-5-17(18,19)6-3-11/h10-13H,2-9H2,1H3,(H,20,22)/t12-,13-/m0/s1. The van der Waals surface area contributed by atoms with Crippen LogP contribution >= 0.6 is 0 Å². The Morgan fingerprint density at radius 1 is 1.40 bits per heavy atom. The molecule has 1 aromatic heterocycles. The monoisotopic (exact) mass is 358 g/mol. The first-order chi connectivity index (χ1) is 11.9. The molecular formula is C17H24F2N2O4. The van der Waals surface area contributed by atoms with Gasteiger partial charge in [0.15, 0.2) is 0 Å². The number of hydrogen-bond donors (Lipinski definition) is 1. The number of methoxy groups -OCH3 is 1. The number of halogens is 2. The third-order valence-electron chi connectivity index (χ3n) is 5.51. The number of alkyl halides is 2. The largest absolute Gasteiger partial charge is 0.453 e. The minimum Gasteiger partial charge on any atom is -0.453 e. The van der Waals surface area contributed by atoms with E-state index in [1.165, 1.54) is 13.2 Å². The molecule has 25 heavy (non-hydrogen) atoms. The molecule has 1 aromatic rings. The molecule has 140 valence electrons. The zero-order chi connectivity index (χ0) is 18.0. The van der Waals surface area contributed by atoms with Gasteiger partial charge in [0.05, 0.1) is 7.11 Å². The predicted molar refractivity (Wildman–Crippen MR) is 85.7 cm³/mol. The van der Waals surface area contributed by atoms with Gasteiger partial charge in [0.1, 0.15) is 5.76 Å². The number of hydrogen-bond acceptors (Lipinski definition) is 4. The summed E-state index contributed by atoms with van der Waals surface area (Å²) in [5.41, 5.74) is -0.281. The highest BCUT2D eigenvalue weighted by Crippen LogP contribution is 2.41. The first-order valence-electron chi connectivity index (χ1n) is 8.79. The van der Waals surface area contributed by atoms with Gasteiger partial charge in [-0.05, 0) is 38.0 Å². The number of rotatable bonds is 3. The zero-order valence-electron chi connectivity index (χ0n) is 14.3. The molecule has 1 aliphatic carbocycles. The Bertz CT molecular complexity index is 647. The van der Waals surface area contributed by atoms with Gasteiger partial charge < -0.3 is 14.2 Å². The van der Waals surface area contributed by atoms with E-state index in [0.29, 0.717) is 44.4 Å². The number of nitrogens with one attached hydrogen (secondary N) is 1. The van der Waals surface area contributed by atoms with Crippen LogP contribution in [0.3, 0.4) is 0 Å². The van der Waals surface area contributed by atoms with Gasteiger partial charge in [-0.25, -0.2) is 13.6 Å². The molecule has 2 aliphatic rings. The Morgan fingerprint density at radius 3 is 2.72 bits per heavy atom. The summed E-state index contributed by atoms with van der Waals surface area (Å²) in [6, 6.07) is 1.35. The second-order valence-electron chi connectivity index (χ2n) is 7.19. The number of carbonyl (C=O) groups excluding carboxylic acids is 1. The van der Waals surface area contributed by atoms with E-state index in [2.05, 4.69) is 5.16 Å². The lowest BCUT2D eigenvalue weighted by molar-refractivity contribution is -0.0498. The molecule has 1 saturated heterocycles. The average molecular weight is 358 g/mol. The molecule has 2 heterocycles. The number of ether oxygens (including phenoxy) is 1. The van der Waals surface area contributed by atoms with E-state index >= 15 is 0 Å². The first-order valence-corrected chi connectivity index (χ1v) is 8.79. The maximum atomic E-state index is 13.4. The van der Waals surface area contributed by atoms with Gasteiger partial charge in [-0.15, -0.1) is 0 Å². The van der Waals surface area contributed by atoms with Crippen LogP contribution in [-0.4, -0.2) is 41.8 Å². The van der Waals surface area contributed by atoms with Crippen molar-refractivity contribution >= 4 is 6.09 Å². The minimum absolute atomic E-state index is 0.0369. The van der Waals surface area contributed by atoms with E-state index in [0.717, 1.165) is 0 Å². The Balaban J connectivity index is 1.69. The molecule has 6 nitrogen and oxygen atoms in total. The SMILES string of the molecule is COC(=O)N1CC[C@H](c2cc(=O)[nH]o2)C[C@@H]1CC1CCC(F)(F)CC1. The molecular weight excluding hydrogens is 334 g/mol. The number of amides is 1. The first kappa shape index (κ1) is 17.9. The fourth-order valence-corrected chi connectivity index (χ4v) is 4.11. The predicted octanol–water partition coefficient (Wildman–Crippen LogP) is 3.50. The lowest BCUT2D eigenvalue weighted by Gasteiger charge is -2.40. The van der Waals surface area contributed by atoms with Crippen LogP contribution in [0.5, 0.6) is 0 Å². The number of aromatic nitrogens is 1. The van der Waals surface area contributed by atoms with Crippen molar-refractivity contribution in [3.63, 3.8) is 0 Å². The lowest BCUT2D eigenvalue weighted by Crippen LogP contribution is -2.46. The molecule has 0 aromatic carbocycles. The number of aromatic amines is 1. The average Bonchev–Trinajstić information content (AvgIpc) is 3.02.